The Hall–Kier alpha value is -4.23. The zero-order chi connectivity index (χ0) is 23.3. The summed E-state index contributed by atoms with van der Waals surface area (Å²) in [7, 11) is 0. The maximum Gasteiger partial charge on any atom is 0.328 e. The third-order valence-corrected chi connectivity index (χ3v) is 5.23. The van der Waals surface area contributed by atoms with Gasteiger partial charge >= 0.3 is 12.0 Å². The van der Waals surface area contributed by atoms with Gasteiger partial charge < -0.3 is 5.21 Å². The number of hydrogen-bond donors (Lipinski definition) is 3. The number of hydrogen-bond acceptors (Lipinski definition) is 6. The van der Waals surface area contributed by atoms with Crippen LogP contribution >= 0.6 is 0 Å². The highest BCUT2D eigenvalue weighted by molar-refractivity contribution is 6.16. The molecule has 166 valence electrons. The Bertz CT molecular complexity index is 1230. The molecule has 14 heteroatoms. The van der Waals surface area contributed by atoms with E-state index < -0.39 is 52.7 Å². The first-order chi connectivity index (χ1) is 15.1. The Morgan fingerprint density at radius 2 is 1.69 bits per heavy atom. The molecule has 1 fully saturated rings. The van der Waals surface area contributed by atoms with Crippen molar-refractivity contribution >= 4 is 17.8 Å². The van der Waals surface area contributed by atoms with E-state index in [-0.39, 0.29) is 17.5 Å². The van der Waals surface area contributed by atoms with Gasteiger partial charge in [-0.2, -0.15) is 14.6 Å². The summed E-state index contributed by atoms with van der Waals surface area (Å²) in [5, 5.41) is 23.1. The fourth-order valence-electron chi connectivity index (χ4n) is 3.66. The second-order valence-electron chi connectivity index (χ2n) is 7.03. The van der Waals surface area contributed by atoms with Gasteiger partial charge in [-0.25, -0.2) is 27.8 Å². The Balaban J connectivity index is 2.05. The van der Waals surface area contributed by atoms with Gasteiger partial charge in [0.1, 0.15) is 23.9 Å². The van der Waals surface area contributed by atoms with E-state index in [2.05, 4.69) is 15.2 Å². The Morgan fingerprint density at radius 1 is 1.09 bits per heavy atom. The van der Waals surface area contributed by atoms with Gasteiger partial charge in [0.25, 0.3) is 5.82 Å². The minimum Gasteiger partial charge on any atom is -0.711 e. The van der Waals surface area contributed by atoms with E-state index in [1.807, 2.05) is 10.6 Å². The van der Waals surface area contributed by atoms with Crippen LogP contribution in [0.1, 0.15) is 28.7 Å². The number of H-pyrrole nitrogens is 1. The number of amides is 4. The van der Waals surface area contributed by atoms with Crippen LogP contribution in [0.4, 0.5) is 18.0 Å². The van der Waals surface area contributed by atoms with Gasteiger partial charge in [-0.05, 0) is 17.7 Å². The molecular formula is C18H14F3N7O4. The van der Waals surface area contributed by atoms with E-state index in [4.69, 9.17) is 0 Å². The number of barbiturate groups is 1. The quantitative estimate of drug-likeness (QED) is 0.227. The Labute approximate surface area is 176 Å². The summed E-state index contributed by atoms with van der Waals surface area (Å²) >= 11 is 0. The number of aromatic amines is 1. The fraction of sp³-hybridized carbons (Fsp3) is 0.222. The third-order valence-electron chi connectivity index (χ3n) is 5.23. The molecule has 2 aromatic heterocycles. The van der Waals surface area contributed by atoms with Crippen molar-refractivity contribution in [1.29, 1.82) is 0 Å². The lowest BCUT2D eigenvalue weighted by Gasteiger charge is -2.27. The SMILES string of the molecule is Cc1c(C)[n+]([O-])c([C@@H](c2cc(F)c(F)c(F)c2)C2C(=O)NC(=O)NC2=O)n1-c1ncn[nH]1. The molecule has 0 saturated carbocycles. The van der Waals surface area contributed by atoms with E-state index in [1.54, 1.807) is 0 Å². The van der Waals surface area contributed by atoms with Crippen LogP contribution in [0.3, 0.4) is 0 Å². The first-order valence-corrected chi connectivity index (χ1v) is 9.09. The van der Waals surface area contributed by atoms with Crippen molar-refractivity contribution in [2.24, 2.45) is 5.92 Å². The number of aromatic nitrogens is 5. The number of imidazole rings is 1. The van der Waals surface area contributed by atoms with Crippen LogP contribution in [-0.2, 0) is 9.59 Å². The summed E-state index contributed by atoms with van der Waals surface area (Å²) in [5.74, 6) is -11.0. The number of halogens is 3. The molecule has 32 heavy (non-hydrogen) atoms. The van der Waals surface area contributed by atoms with Gasteiger partial charge in [-0.3, -0.25) is 20.2 Å². The number of imide groups is 2. The standard InChI is InChI=1S/C18H14F3N7O4/c1-6-7(2)28(32)16(27(6)17-22-5-23-26-17)11(8-3-9(19)13(21)10(20)4-8)12-14(29)24-18(31)25-15(12)30/h3-5,11-12H,1-2H3,(H,22,23,26)(H2,24,25,29,30,31)/t11-/m0/s1. The molecule has 1 aliphatic heterocycles. The minimum atomic E-state index is -1.81. The lowest BCUT2D eigenvalue weighted by atomic mass is 9.82. The maximum atomic E-state index is 14.1. The van der Waals surface area contributed by atoms with E-state index >= 15 is 0 Å². The van der Waals surface area contributed by atoms with Crippen LogP contribution in [0.2, 0.25) is 0 Å². The zero-order valence-corrected chi connectivity index (χ0v) is 16.4. The molecule has 3 aromatic rings. The first kappa shape index (κ1) is 21.0. The van der Waals surface area contributed by atoms with Crippen molar-refractivity contribution in [3.63, 3.8) is 0 Å². The van der Waals surface area contributed by atoms with Gasteiger partial charge in [0.05, 0.1) is 0 Å². The normalized spacial score (nSPS) is 15.6. The van der Waals surface area contributed by atoms with Crippen LogP contribution in [0.15, 0.2) is 18.5 Å². The van der Waals surface area contributed by atoms with E-state index in [9.17, 15) is 32.8 Å². The smallest absolute Gasteiger partial charge is 0.328 e. The first-order valence-electron chi connectivity index (χ1n) is 9.09. The average molecular weight is 449 g/mol. The van der Waals surface area contributed by atoms with Crippen molar-refractivity contribution in [3.8, 4) is 5.95 Å². The summed E-state index contributed by atoms with van der Waals surface area (Å²) in [6.07, 6.45) is 1.13. The minimum absolute atomic E-state index is 0.0101. The molecule has 3 N–H and O–H groups in total. The average Bonchev–Trinajstić information content (AvgIpc) is 3.31. The van der Waals surface area contributed by atoms with Crippen LogP contribution in [0.25, 0.3) is 5.95 Å². The van der Waals surface area contributed by atoms with Gasteiger partial charge in [-0.15, -0.1) is 0 Å². The molecule has 3 heterocycles. The summed E-state index contributed by atoms with van der Waals surface area (Å²) in [5.41, 5.74) is 0.0404. The van der Waals surface area contributed by atoms with Crippen molar-refractivity contribution in [2.75, 3.05) is 0 Å². The molecule has 0 radical (unpaired) electrons. The van der Waals surface area contributed by atoms with Crippen molar-refractivity contribution < 1.29 is 32.3 Å². The van der Waals surface area contributed by atoms with E-state index in [0.717, 1.165) is 6.33 Å². The van der Waals surface area contributed by atoms with Crippen LogP contribution in [-0.4, -0.2) is 37.6 Å². The Morgan fingerprint density at radius 3 is 2.22 bits per heavy atom. The van der Waals surface area contributed by atoms with Gasteiger partial charge in [0.2, 0.25) is 11.8 Å². The second kappa shape index (κ2) is 7.47. The third kappa shape index (κ3) is 3.16. The van der Waals surface area contributed by atoms with E-state index in [0.29, 0.717) is 22.6 Å². The number of nitrogens with one attached hydrogen (secondary N) is 3. The van der Waals surface area contributed by atoms with Crippen LogP contribution in [0, 0.1) is 42.4 Å². The fourth-order valence-corrected chi connectivity index (χ4v) is 3.66. The topological polar surface area (TPSA) is 149 Å². The molecule has 0 bridgehead atoms. The molecule has 0 spiro atoms. The molecule has 4 amide bonds. The second-order valence-corrected chi connectivity index (χ2v) is 7.03. The van der Waals surface area contributed by atoms with Gasteiger partial charge in [0.15, 0.2) is 23.1 Å². The lowest BCUT2D eigenvalue weighted by molar-refractivity contribution is -0.621. The van der Waals surface area contributed by atoms with Crippen LogP contribution in [0.5, 0.6) is 0 Å². The molecule has 4 rings (SSSR count). The predicted molar refractivity (Wildman–Crippen MR) is 97.5 cm³/mol. The summed E-state index contributed by atoms with van der Waals surface area (Å²) in [6.45, 7) is 2.97. The highest BCUT2D eigenvalue weighted by Gasteiger charge is 2.48. The molecule has 0 aliphatic carbocycles. The zero-order valence-electron chi connectivity index (χ0n) is 16.4. The van der Waals surface area contributed by atoms with Crippen molar-refractivity contribution in [1.82, 2.24) is 30.4 Å². The molecule has 11 nitrogen and oxygen atoms in total. The van der Waals surface area contributed by atoms with Crippen LogP contribution < -0.4 is 15.4 Å². The summed E-state index contributed by atoms with van der Waals surface area (Å²) < 4.78 is 43.4. The molecular weight excluding hydrogens is 435 g/mol. The number of benzene rings is 1. The maximum absolute atomic E-state index is 14.1. The lowest BCUT2D eigenvalue weighted by Crippen LogP contribution is -2.58. The number of rotatable bonds is 4. The Kier molecular flexibility index (Phi) is 4.91. The van der Waals surface area contributed by atoms with E-state index in [1.165, 1.54) is 18.4 Å². The highest BCUT2D eigenvalue weighted by Crippen LogP contribution is 2.35. The molecule has 1 atom stereocenters. The van der Waals surface area contributed by atoms with Crippen molar-refractivity contribution in [2.45, 2.75) is 19.8 Å². The predicted octanol–water partition coefficient (Wildman–Crippen LogP) is 0.377. The van der Waals surface area contributed by atoms with Crippen molar-refractivity contribution in [3.05, 3.63) is 63.9 Å². The van der Waals surface area contributed by atoms with Gasteiger partial charge in [-0.1, -0.05) is 0 Å². The number of carbonyl (C=O) groups excluding carboxylic acids is 3. The molecule has 1 aliphatic rings. The molecule has 1 saturated heterocycles. The summed E-state index contributed by atoms with van der Waals surface area (Å²) in [6, 6.07) is 0.0460. The number of nitrogens with zero attached hydrogens (tertiary/aromatic N) is 4. The highest BCUT2D eigenvalue weighted by atomic mass is 19.2. The molecule has 1 aromatic carbocycles. The van der Waals surface area contributed by atoms with Gasteiger partial charge in [0, 0.05) is 13.8 Å². The largest absolute Gasteiger partial charge is 0.711 e. The monoisotopic (exact) mass is 449 g/mol. The number of carbonyl (C=O) groups is 3. The molecule has 0 unspecified atom stereocenters. The number of urea groups is 1. The summed E-state index contributed by atoms with van der Waals surface area (Å²) in [4.78, 5) is 40.8.